The molecule has 26 heavy (non-hydrogen) atoms. The van der Waals surface area contributed by atoms with Crippen molar-refractivity contribution in [3.05, 3.63) is 29.3 Å². The second-order valence-corrected chi connectivity index (χ2v) is 7.43. The van der Waals surface area contributed by atoms with E-state index in [1.54, 1.807) is 25.6 Å². The van der Waals surface area contributed by atoms with Gasteiger partial charge in [-0.05, 0) is 12.1 Å². The van der Waals surface area contributed by atoms with Gasteiger partial charge in [0.15, 0.2) is 17.3 Å². The van der Waals surface area contributed by atoms with Crippen molar-refractivity contribution < 1.29 is 18.9 Å². The van der Waals surface area contributed by atoms with Gasteiger partial charge in [-0.2, -0.15) is 0 Å². The Labute approximate surface area is 157 Å². The van der Waals surface area contributed by atoms with E-state index in [1.807, 2.05) is 18.2 Å². The molecule has 2 saturated heterocycles. The standard InChI is InChI=1S/C19H24N2O4S/c1-22-16-5-3-4-15(17(16)23-2)18-20-14(13-26-18)12-21-8-6-19(7-9-21)24-10-11-25-19/h3-5,13H,6-12H2,1-2H3. The maximum absolute atomic E-state index is 5.80. The molecule has 2 aromatic rings. The van der Waals surface area contributed by atoms with Gasteiger partial charge in [-0.1, -0.05) is 6.07 Å². The third kappa shape index (κ3) is 3.44. The third-order valence-electron chi connectivity index (χ3n) is 5.00. The lowest BCUT2D eigenvalue weighted by Crippen LogP contribution is -2.44. The van der Waals surface area contributed by atoms with E-state index in [9.17, 15) is 0 Å². The van der Waals surface area contributed by atoms with E-state index in [2.05, 4.69) is 10.3 Å². The quantitative estimate of drug-likeness (QED) is 0.799. The van der Waals surface area contributed by atoms with Gasteiger partial charge in [0.25, 0.3) is 0 Å². The predicted octanol–water partition coefficient (Wildman–Crippen LogP) is 3.17. The fraction of sp³-hybridized carbons (Fsp3) is 0.526. The van der Waals surface area contributed by atoms with Crippen molar-refractivity contribution in [2.75, 3.05) is 40.5 Å². The number of ether oxygens (including phenoxy) is 4. The highest BCUT2D eigenvalue weighted by Crippen LogP contribution is 2.39. The molecule has 1 aromatic heterocycles. The summed E-state index contributed by atoms with van der Waals surface area (Å²) >= 11 is 1.64. The molecule has 0 amide bonds. The molecule has 0 atom stereocenters. The van der Waals surface area contributed by atoms with Crippen molar-refractivity contribution >= 4 is 11.3 Å². The van der Waals surface area contributed by atoms with Crippen molar-refractivity contribution in [3.63, 3.8) is 0 Å². The molecule has 140 valence electrons. The van der Waals surface area contributed by atoms with E-state index in [-0.39, 0.29) is 5.79 Å². The molecule has 1 aromatic carbocycles. The minimum absolute atomic E-state index is 0.322. The topological polar surface area (TPSA) is 53.1 Å². The monoisotopic (exact) mass is 376 g/mol. The highest BCUT2D eigenvalue weighted by molar-refractivity contribution is 7.13. The summed E-state index contributed by atoms with van der Waals surface area (Å²) in [6.07, 6.45) is 1.85. The average Bonchev–Trinajstić information content (AvgIpc) is 3.33. The average molecular weight is 376 g/mol. The van der Waals surface area contributed by atoms with Crippen LogP contribution in [0, 0.1) is 0 Å². The number of piperidine rings is 1. The van der Waals surface area contributed by atoms with Crippen LogP contribution in [0.5, 0.6) is 11.5 Å². The van der Waals surface area contributed by atoms with Crippen LogP contribution < -0.4 is 9.47 Å². The Morgan fingerprint density at radius 1 is 1.15 bits per heavy atom. The van der Waals surface area contributed by atoms with Crippen molar-refractivity contribution in [3.8, 4) is 22.1 Å². The van der Waals surface area contributed by atoms with Crippen LogP contribution in [0.25, 0.3) is 10.6 Å². The SMILES string of the molecule is COc1cccc(-c2nc(CN3CCC4(CC3)OCCO4)cs2)c1OC. The number of methoxy groups -OCH3 is 2. The number of para-hydroxylation sites is 1. The minimum Gasteiger partial charge on any atom is -0.493 e. The second kappa shape index (κ2) is 7.52. The summed E-state index contributed by atoms with van der Waals surface area (Å²) in [5.74, 6) is 1.13. The highest BCUT2D eigenvalue weighted by atomic mass is 32.1. The zero-order valence-electron chi connectivity index (χ0n) is 15.2. The van der Waals surface area contributed by atoms with Crippen molar-refractivity contribution in [1.82, 2.24) is 9.88 Å². The van der Waals surface area contributed by atoms with Gasteiger partial charge in [0.05, 0.1) is 38.7 Å². The van der Waals surface area contributed by atoms with Crippen LogP contribution in [-0.2, 0) is 16.0 Å². The maximum Gasteiger partial charge on any atom is 0.170 e. The molecule has 2 aliphatic rings. The number of hydrogen-bond donors (Lipinski definition) is 0. The first-order valence-electron chi connectivity index (χ1n) is 8.89. The normalized spacial score (nSPS) is 19.8. The Kier molecular flexibility index (Phi) is 5.13. The number of benzene rings is 1. The van der Waals surface area contributed by atoms with Gasteiger partial charge >= 0.3 is 0 Å². The van der Waals surface area contributed by atoms with Gasteiger partial charge in [0, 0.05) is 37.9 Å². The van der Waals surface area contributed by atoms with Crippen LogP contribution in [-0.4, -0.2) is 56.2 Å². The summed E-state index contributed by atoms with van der Waals surface area (Å²) in [7, 11) is 3.31. The molecular weight excluding hydrogens is 352 g/mol. The molecular formula is C19H24N2O4S. The molecule has 0 aliphatic carbocycles. The Bertz CT molecular complexity index is 748. The Balaban J connectivity index is 1.44. The van der Waals surface area contributed by atoms with Crippen LogP contribution in [0.3, 0.4) is 0 Å². The van der Waals surface area contributed by atoms with Gasteiger partial charge in [-0.25, -0.2) is 4.98 Å². The zero-order valence-corrected chi connectivity index (χ0v) is 16.0. The van der Waals surface area contributed by atoms with Gasteiger partial charge in [0.2, 0.25) is 0 Å². The van der Waals surface area contributed by atoms with Crippen LogP contribution in [0.1, 0.15) is 18.5 Å². The van der Waals surface area contributed by atoms with Gasteiger partial charge in [0.1, 0.15) is 5.01 Å². The number of nitrogens with zero attached hydrogens (tertiary/aromatic N) is 2. The van der Waals surface area contributed by atoms with Crippen LogP contribution in [0.2, 0.25) is 0 Å². The van der Waals surface area contributed by atoms with Crippen LogP contribution >= 0.6 is 11.3 Å². The van der Waals surface area contributed by atoms with Gasteiger partial charge < -0.3 is 18.9 Å². The smallest absolute Gasteiger partial charge is 0.170 e. The zero-order chi connectivity index (χ0) is 18.0. The second-order valence-electron chi connectivity index (χ2n) is 6.57. The molecule has 4 rings (SSSR count). The van der Waals surface area contributed by atoms with Gasteiger partial charge in [-0.15, -0.1) is 11.3 Å². The first-order chi connectivity index (χ1) is 12.7. The first kappa shape index (κ1) is 17.7. The fourth-order valence-electron chi connectivity index (χ4n) is 3.63. The minimum atomic E-state index is -0.322. The number of aromatic nitrogens is 1. The predicted molar refractivity (Wildman–Crippen MR) is 99.8 cm³/mol. The number of hydrogen-bond acceptors (Lipinski definition) is 7. The molecule has 1 spiro atoms. The fourth-order valence-corrected chi connectivity index (χ4v) is 4.46. The van der Waals surface area contributed by atoms with Gasteiger partial charge in [-0.3, -0.25) is 4.90 Å². The lowest BCUT2D eigenvalue weighted by molar-refractivity contribution is -0.185. The summed E-state index contributed by atoms with van der Waals surface area (Å²) in [6.45, 7) is 4.22. The molecule has 0 saturated carbocycles. The van der Waals surface area contributed by atoms with E-state index < -0.39 is 0 Å². The Hall–Kier alpha value is -1.67. The summed E-state index contributed by atoms with van der Waals surface area (Å²) in [6, 6.07) is 5.88. The lowest BCUT2D eigenvalue weighted by Gasteiger charge is -2.37. The van der Waals surface area contributed by atoms with E-state index >= 15 is 0 Å². The molecule has 6 nitrogen and oxygen atoms in total. The summed E-state index contributed by atoms with van der Waals surface area (Å²) in [4.78, 5) is 7.24. The Morgan fingerprint density at radius 3 is 2.62 bits per heavy atom. The number of likely N-dealkylation sites (tertiary alicyclic amines) is 1. The summed E-state index contributed by atoms with van der Waals surface area (Å²) in [5, 5.41) is 3.08. The van der Waals surface area contributed by atoms with Crippen LogP contribution in [0.4, 0.5) is 0 Å². The molecule has 7 heteroatoms. The summed E-state index contributed by atoms with van der Waals surface area (Å²) in [5.41, 5.74) is 2.05. The van der Waals surface area contributed by atoms with Crippen LogP contribution in [0.15, 0.2) is 23.6 Å². The molecule has 0 N–H and O–H groups in total. The van der Waals surface area contributed by atoms with Crippen molar-refractivity contribution in [1.29, 1.82) is 0 Å². The first-order valence-corrected chi connectivity index (χ1v) is 9.77. The molecule has 0 bridgehead atoms. The molecule has 0 radical (unpaired) electrons. The molecule has 0 unspecified atom stereocenters. The molecule has 2 fully saturated rings. The third-order valence-corrected chi connectivity index (χ3v) is 5.93. The molecule has 3 heterocycles. The Morgan fingerprint density at radius 2 is 1.92 bits per heavy atom. The van der Waals surface area contributed by atoms with E-state index in [1.165, 1.54) is 0 Å². The lowest BCUT2D eigenvalue weighted by atomic mass is 10.0. The summed E-state index contributed by atoms with van der Waals surface area (Å²) < 4.78 is 22.5. The van der Waals surface area contributed by atoms with E-state index in [0.717, 1.165) is 73.5 Å². The highest BCUT2D eigenvalue weighted by Gasteiger charge is 2.39. The molecule has 2 aliphatic heterocycles. The number of rotatable bonds is 5. The van der Waals surface area contributed by atoms with Crippen molar-refractivity contribution in [2.24, 2.45) is 0 Å². The number of thiazole rings is 1. The largest absolute Gasteiger partial charge is 0.493 e. The van der Waals surface area contributed by atoms with E-state index in [4.69, 9.17) is 23.9 Å². The van der Waals surface area contributed by atoms with Crippen molar-refractivity contribution in [2.45, 2.75) is 25.2 Å². The maximum atomic E-state index is 5.80. The van der Waals surface area contributed by atoms with E-state index in [0.29, 0.717) is 0 Å².